The van der Waals surface area contributed by atoms with Gasteiger partial charge in [0, 0.05) is 0 Å². The lowest BCUT2D eigenvalue weighted by Gasteiger charge is -1.93. The Morgan fingerprint density at radius 3 is 2.17 bits per heavy atom. The molecule has 0 aromatic carbocycles. The molecule has 0 spiro atoms. The zero-order chi connectivity index (χ0) is 5.21. The molecule has 0 aromatic heterocycles. The van der Waals surface area contributed by atoms with E-state index in [9.17, 15) is 4.57 Å². The minimum Gasteiger partial charge on any atom is -0.333 e. The van der Waals surface area contributed by atoms with Gasteiger partial charge in [-0.25, -0.2) is 0 Å². The molecule has 0 aliphatic carbocycles. The van der Waals surface area contributed by atoms with Gasteiger partial charge in [-0.1, -0.05) is 0 Å². The number of hydrogen-bond donors (Lipinski definition) is 3. The van der Waals surface area contributed by atoms with Crippen LogP contribution < -0.4 is 5.50 Å². The van der Waals surface area contributed by atoms with E-state index in [1.54, 1.807) is 0 Å². The number of nitrogens with two attached hydrogens (primary N) is 1. The standard InChI is InChI=1S/CH6NO2PS/c2-5(3,4)1-6/h6H,1H2,(H3,2,3,4). The largest absolute Gasteiger partial charge is 0.333 e. The van der Waals surface area contributed by atoms with E-state index >= 15 is 0 Å². The molecule has 0 heterocycles. The molecule has 0 radical (unpaired) electrons. The van der Waals surface area contributed by atoms with Gasteiger partial charge in [0.25, 0.3) is 7.52 Å². The third-order valence-electron chi connectivity index (χ3n) is 0.203. The van der Waals surface area contributed by atoms with Crippen molar-refractivity contribution < 1.29 is 9.46 Å². The molecule has 5 heteroatoms. The summed E-state index contributed by atoms with van der Waals surface area (Å²) in [6, 6.07) is 0. The molecule has 0 aliphatic heterocycles. The highest BCUT2D eigenvalue weighted by Gasteiger charge is 2.03. The van der Waals surface area contributed by atoms with Crippen molar-refractivity contribution in [2.75, 3.05) is 5.49 Å². The van der Waals surface area contributed by atoms with Crippen molar-refractivity contribution in [1.29, 1.82) is 0 Å². The van der Waals surface area contributed by atoms with Crippen LogP contribution in [0.2, 0.25) is 0 Å². The fourth-order valence-corrected chi connectivity index (χ4v) is 0. The fraction of sp³-hybridized carbons (Fsp3) is 1.00. The van der Waals surface area contributed by atoms with Crippen molar-refractivity contribution in [2.24, 2.45) is 5.50 Å². The predicted molar refractivity (Wildman–Crippen MR) is 27.9 cm³/mol. The predicted octanol–water partition coefficient (Wildman–Crippen LogP) is 0.0178. The van der Waals surface area contributed by atoms with Crippen LogP contribution in [0.5, 0.6) is 0 Å². The van der Waals surface area contributed by atoms with Crippen LogP contribution in [0.4, 0.5) is 0 Å². The van der Waals surface area contributed by atoms with Crippen molar-refractivity contribution in [1.82, 2.24) is 0 Å². The maximum absolute atomic E-state index is 9.84. The Balaban J connectivity index is 3.48. The molecule has 0 aliphatic rings. The first-order valence-corrected chi connectivity index (χ1v) is 3.82. The summed E-state index contributed by atoms with van der Waals surface area (Å²) in [5, 5.41) is 0. The molecule has 1 atom stereocenters. The van der Waals surface area contributed by atoms with Crippen LogP contribution in [0, 0.1) is 0 Å². The molecule has 0 fully saturated rings. The summed E-state index contributed by atoms with van der Waals surface area (Å²) >= 11 is 3.46. The van der Waals surface area contributed by atoms with Gasteiger partial charge in [0.1, 0.15) is 0 Å². The second-order valence-electron chi connectivity index (χ2n) is 0.897. The minimum atomic E-state index is -3.28. The Labute approximate surface area is 41.5 Å². The van der Waals surface area contributed by atoms with Gasteiger partial charge >= 0.3 is 0 Å². The number of rotatable bonds is 1. The minimum absolute atomic E-state index is 0.146. The van der Waals surface area contributed by atoms with Gasteiger partial charge in [0.2, 0.25) is 0 Å². The maximum Gasteiger partial charge on any atom is 0.274 e. The van der Waals surface area contributed by atoms with E-state index in [0.717, 1.165) is 0 Å². The van der Waals surface area contributed by atoms with E-state index in [2.05, 4.69) is 18.1 Å². The zero-order valence-corrected chi connectivity index (χ0v) is 4.82. The zero-order valence-electron chi connectivity index (χ0n) is 3.03. The van der Waals surface area contributed by atoms with Gasteiger partial charge in [-0.15, -0.1) is 0 Å². The lowest BCUT2D eigenvalue weighted by atomic mass is 11.9. The Morgan fingerprint density at radius 1 is 2.00 bits per heavy atom. The van der Waals surface area contributed by atoms with Crippen molar-refractivity contribution in [3.05, 3.63) is 0 Å². The second kappa shape index (κ2) is 1.98. The molecule has 0 amide bonds. The summed E-state index contributed by atoms with van der Waals surface area (Å²) in [6.07, 6.45) is 0. The van der Waals surface area contributed by atoms with Crippen molar-refractivity contribution in [2.45, 2.75) is 0 Å². The molecule has 0 bridgehead atoms. The van der Waals surface area contributed by atoms with Crippen LogP contribution in [0.3, 0.4) is 0 Å². The first-order valence-electron chi connectivity index (χ1n) is 1.27. The third-order valence-corrected chi connectivity index (χ3v) is 1.82. The number of hydrogen-bond acceptors (Lipinski definition) is 2. The summed E-state index contributed by atoms with van der Waals surface area (Å²) < 4.78 is 9.84. The maximum atomic E-state index is 9.84. The van der Waals surface area contributed by atoms with Crippen LogP contribution in [0.25, 0.3) is 0 Å². The molecule has 0 saturated heterocycles. The molecule has 3 nitrogen and oxygen atoms in total. The average molecular weight is 127 g/mol. The lowest BCUT2D eigenvalue weighted by Crippen LogP contribution is -1.91. The quantitative estimate of drug-likeness (QED) is 0.343. The highest BCUT2D eigenvalue weighted by Crippen LogP contribution is 2.29. The van der Waals surface area contributed by atoms with Crippen molar-refractivity contribution in [3.8, 4) is 0 Å². The summed E-state index contributed by atoms with van der Waals surface area (Å²) in [4.78, 5) is 8.08. The summed E-state index contributed by atoms with van der Waals surface area (Å²) in [5.41, 5.74) is 4.42. The average Bonchev–Trinajstić information content (AvgIpc) is 1.35. The van der Waals surface area contributed by atoms with E-state index in [0.29, 0.717) is 0 Å². The third kappa shape index (κ3) is 4.50. The smallest absolute Gasteiger partial charge is 0.274 e. The summed E-state index contributed by atoms with van der Waals surface area (Å²) in [7, 11) is -3.28. The normalized spacial score (nSPS) is 19.8. The van der Waals surface area contributed by atoms with Gasteiger partial charge < -0.3 is 4.89 Å². The molecule has 6 heavy (non-hydrogen) atoms. The van der Waals surface area contributed by atoms with Gasteiger partial charge in [-0.3, -0.25) is 10.1 Å². The lowest BCUT2D eigenvalue weighted by molar-refractivity contribution is 0.485. The van der Waals surface area contributed by atoms with Gasteiger partial charge in [-0.05, 0) is 0 Å². The molecular weight excluding hydrogens is 121 g/mol. The molecular formula is CH6NO2PS. The van der Waals surface area contributed by atoms with Crippen LogP contribution in [0.15, 0.2) is 0 Å². The summed E-state index contributed by atoms with van der Waals surface area (Å²) in [6.45, 7) is 0. The van der Waals surface area contributed by atoms with Crippen LogP contribution in [-0.4, -0.2) is 10.4 Å². The number of thiol groups is 1. The Kier molecular flexibility index (Phi) is 2.15. The topological polar surface area (TPSA) is 63.3 Å². The highest BCUT2D eigenvalue weighted by atomic mass is 32.1. The molecule has 38 valence electrons. The SMILES string of the molecule is NP(=O)(O)CS. The Morgan fingerprint density at radius 2 is 2.17 bits per heavy atom. The van der Waals surface area contributed by atoms with Crippen molar-refractivity contribution in [3.63, 3.8) is 0 Å². The van der Waals surface area contributed by atoms with E-state index in [1.165, 1.54) is 0 Å². The highest BCUT2D eigenvalue weighted by molar-refractivity contribution is 7.89. The Hall–Kier alpha value is 0.500. The van der Waals surface area contributed by atoms with Crippen molar-refractivity contribution >= 4 is 20.1 Å². The van der Waals surface area contributed by atoms with Gasteiger partial charge in [0.05, 0.1) is 5.49 Å². The molecule has 0 rings (SSSR count). The second-order valence-corrected chi connectivity index (χ2v) is 3.54. The van der Waals surface area contributed by atoms with Gasteiger partial charge in [-0.2, -0.15) is 12.6 Å². The van der Waals surface area contributed by atoms with E-state index in [-0.39, 0.29) is 5.49 Å². The first kappa shape index (κ1) is 6.50. The van der Waals surface area contributed by atoms with E-state index < -0.39 is 7.52 Å². The van der Waals surface area contributed by atoms with Gasteiger partial charge in [0.15, 0.2) is 0 Å². The molecule has 0 aromatic rings. The van der Waals surface area contributed by atoms with Crippen LogP contribution >= 0.6 is 20.1 Å². The molecule has 0 saturated carbocycles. The fourth-order valence-electron chi connectivity index (χ4n) is 0. The monoisotopic (exact) mass is 127 g/mol. The molecule has 1 unspecified atom stereocenters. The van der Waals surface area contributed by atoms with Crippen LogP contribution in [-0.2, 0) is 4.57 Å². The van der Waals surface area contributed by atoms with Crippen LogP contribution in [0.1, 0.15) is 0 Å². The molecule has 3 N–H and O–H groups in total. The Bertz CT molecular complexity index is 77.6. The van der Waals surface area contributed by atoms with E-state index in [1.807, 2.05) is 0 Å². The first-order chi connectivity index (χ1) is 2.56. The summed E-state index contributed by atoms with van der Waals surface area (Å²) in [5.74, 6) is 0. The van der Waals surface area contributed by atoms with E-state index in [4.69, 9.17) is 4.89 Å².